The number of fused-ring (bicyclic) bond motifs is 1. The number of carboxylic acids is 2. The van der Waals surface area contributed by atoms with Gasteiger partial charge in [-0.15, -0.1) is 0 Å². The minimum atomic E-state index is -1.20. The van der Waals surface area contributed by atoms with Crippen molar-refractivity contribution in [1.82, 2.24) is 4.90 Å². The molecule has 1 aliphatic rings. The predicted molar refractivity (Wildman–Crippen MR) is 169 cm³/mol. The van der Waals surface area contributed by atoms with E-state index in [4.69, 9.17) is 16.3 Å². The summed E-state index contributed by atoms with van der Waals surface area (Å²) in [6.45, 7) is 1.34. The second kappa shape index (κ2) is 15.1. The molecule has 0 aliphatic heterocycles. The molecular weight excluding hydrogens is 592 g/mol. The number of allylic oxidation sites excluding steroid dienone is 1. The average Bonchev–Trinajstić information content (AvgIpc) is 3.00. The van der Waals surface area contributed by atoms with Crippen LogP contribution in [0.1, 0.15) is 51.9 Å². The van der Waals surface area contributed by atoms with E-state index < -0.39 is 30.4 Å². The monoisotopic (exact) mass is 624 g/mol. The first-order valence-corrected chi connectivity index (χ1v) is 14.1. The van der Waals surface area contributed by atoms with E-state index in [1.54, 1.807) is 66.8 Å². The van der Waals surface area contributed by atoms with Crippen LogP contribution in [-0.2, 0) is 27.3 Å². The third-order valence-corrected chi connectivity index (χ3v) is 7.12. The Labute approximate surface area is 264 Å². The Morgan fingerprint density at radius 2 is 1.67 bits per heavy atom. The largest absolute Gasteiger partial charge is 0.481 e. The van der Waals surface area contributed by atoms with Gasteiger partial charge in [0.2, 0.25) is 5.96 Å². The lowest BCUT2D eigenvalue weighted by molar-refractivity contribution is -0.143. The molecule has 1 aliphatic carbocycles. The van der Waals surface area contributed by atoms with Crippen LogP contribution in [0.4, 0.5) is 5.69 Å². The first-order valence-electron chi connectivity index (χ1n) is 14.1. The van der Waals surface area contributed by atoms with Crippen LogP contribution < -0.4 is 16.3 Å². The Morgan fingerprint density at radius 3 is 2.35 bits per heavy atom. The number of ether oxygens (including phenoxy) is 1. The quantitative estimate of drug-likeness (QED) is 0.0479. The van der Waals surface area contributed by atoms with Crippen molar-refractivity contribution in [2.24, 2.45) is 26.9 Å². The van der Waals surface area contributed by atoms with Gasteiger partial charge in [0.25, 0.3) is 5.91 Å². The van der Waals surface area contributed by atoms with Crippen LogP contribution in [0.3, 0.4) is 0 Å². The van der Waals surface area contributed by atoms with Crippen LogP contribution in [0.5, 0.6) is 5.75 Å². The molecule has 0 spiro atoms. The summed E-state index contributed by atoms with van der Waals surface area (Å²) in [5.41, 5.74) is 9.29. The van der Waals surface area contributed by atoms with Crippen molar-refractivity contribution in [3.05, 3.63) is 112 Å². The molecule has 3 aromatic rings. The van der Waals surface area contributed by atoms with E-state index in [1.165, 1.54) is 17.0 Å². The Hall–Kier alpha value is -6.11. The minimum absolute atomic E-state index is 0.0175. The Bertz CT molecular complexity index is 1760. The van der Waals surface area contributed by atoms with Crippen LogP contribution in [0, 0.1) is 0 Å². The topological polar surface area (TPSA) is 210 Å². The maximum absolute atomic E-state index is 13.7. The van der Waals surface area contributed by atoms with Crippen LogP contribution in [0.25, 0.3) is 6.08 Å². The third kappa shape index (κ3) is 8.72. The van der Waals surface area contributed by atoms with Gasteiger partial charge >= 0.3 is 17.9 Å². The van der Waals surface area contributed by atoms with Crippen molar-refractivity contribution >= 4 is 41.5 Å². The predicted octanol–water partition coefficient (Wildman–Crippen LogP) is 4.37. The first-order chi connectivity index (χ1) is 22.0. The van der Waals surface area contributed by atoms with Gasteiger partial charge in [-0.05, 0) is 77.1 Å². The van der Waals surface area contributed by atoms with E-state index in [-0.39, 0.29) is 41.7 Å². The number of nitrogens with zero attached hydrogens (tertiary/aromatic N) is 4. The molecule has 13 nitrogen and oxygen atoms in total. The Balaban J connectivity index is 1.54. The lowest BCUT2D eigenvalue weighted by Gasteiger charge is -2.24. The van der Waals surface area contributed by atoms with Crippen LogP contribution in [-0.4, -0.2) is 51.4 Å². The number of aliphatic imine (C=N–C) groups is 1. The van der Waals surface area contributed by atoms with Gasteiger partial charge in [-0.2, -0.15) is 0 Å². The van der Waals surface area contributed by atoms with E-state index in [1.807, 2.05) is 13.0 Å². The molecular formula is C33H32N6O7. The van der Waals surface area contributed by atoms with Crippen molar-refractivity contribution < 1.29 is 34.1 Å². The molecule has 4 rings (SSSR count). The van der Waals surface area contributed by atoms with E-state index in [2.05, 4.69) is 15.3 Å². The highest BCUT2D eigenvalue weighted by Gasteiger charge is 2.23. The molecule has 13 heteroatoms. The normalized spacial score (nSPS) is 16.3. The molecule has 3 aromatic carbocycles. The molecule has 0 fully saturated rings. The molecule has 0 saturated heterocycles. The number of esters is 1. The number of rotatable bonds is 10. The molecule has 0 saturated carbocycles. The first kappa shape index (κ1) is 32.8. The van der Waals surface area contributed by atoms with Gasteiger partial charge in [0.1, 0.15) is 12.3 Å². The average molecular weight is 625 g/mol. The Morgan fingerprint density at radius 1 is 0.957 bits per heavy atom. The standard InChI is InChI=1S/C33H32N6O7/c1-20-6-7-21(31(44)39(19-30(42)43)18-25-5-3-2-4-23(25)17-29(40)41)8-9-24-16-27(14-15-28(20)24)46-32(45)22-10-12-26(13-11-22)36-33(34)37-38-35/h2-5,7-16,20H,6,17-19H2,1H3,(H,40,41)(H,42,43)(H4,34,35,36,37)/b9-8-,21-7-. The summed E-state index contributed by atoms with van der Waals surface area (Å²) in [6, 6.07) is 18.1. The fourth-order valence-electron chi connectivity index (χ4n) is 4.90. The van der Waals surface area contributed by atoms with Crippen molar-refractivity contribution in [2.45, 2.75) is 32.2 Å². The fourth-order valence-corrected chi connectivity index (χ4v) is 4.90. The summed E-state index contributed by atoms with van der Waals surface area (Å²) < 4.78 is 5.61. The Kier molecular flexibility index (Phi) is 10.7. The number of nitrogens with two attached hydrogens (primary N) is 2. The molecule has 236 valence electrons. The lowest BCUT2D eigenvalue weighted by Crippen LogP contribution is -2.36. The number of guanidine groups is 1. The molecule has 1 atom stereocenters. The van der Waals surface area contributed by atoms with Crippen LogP contribution in [0.2, 0.25) is 0 Å². The SMILES string of the molecule is CC1C/C=C(C(=O)N(CC(=O)O)Cc2ccccc2CC(=O)O)/C=C\c2cc(OC(=O)c3ccc(N=C(N)N=NN)cc3)ccc21. The van der Waals surface area contributed by atoms with E-state index >= 15 is 0 Å². The maximum atomic E-state index is 13.7. The van der Waals surface area contributed by atoms with E-state index in [0.717, 1.165) is 11.1 Å². The zero-order valence-electron chi connectivity index (χ0n) is 24.9. The highest BCUT2D eigenvalue weighted by atomic mass is 16.5. The number of aliphatic carboxylic acids is 2. The third-order valence-electron chi connectivity index (χ3n) is 7.12. The number of hydrogen-bond acceptors (Lipinski definition) is 7. The molecule has 46 heavy (non-hydrogen) atoms. The number of carboxylic acid groups (broad SMARTS) is 2. The van der Waals surface area contributed by atoms with Crippen LogP contribution >= 0.6 is 0 Å². The highest BCUT2D eigenvalue weighted by Crippen LogP contribution is 2.31. The second-order valence-electron chi connectivity index (χ2n) is 10.4. The molecule has 0 radical (unpaired) electrons. The van der Waals surface area contributed by atoms with Gasteiger partial charge in [-0.1, -0.05) is 59.7 Å². The number of benzene rings is 3. The van der Waals surface area contributed by atoms with Gasteiger partial charge in [0.05, 0.1) is 17.7 Å². The summed E-state index contributed by atoms with van der Waals surface area (Å²) in [6.07, 6.45) is 5.32. The van der Waals surface area contributed by atoms with Crippen LogP contribution in [0.15, 0.2) is 99.8 Å². The summed E-state index contributed by atoms with van der Waals surface area (Å²) >= 11 is 0. The van der Waals surface area contributed by atoms with Gasteiger partial charge in [0.15, 0.2) is 0 Å². The van der Waals surface area contributed by atoms with Crippen molar-refractivity contribution in [3.8, 4) is 5.75 Å². The van der Waals surface area contributed by atoms with Gasteiger partial charge < -0.3 is 31.4 Å². The smallest absolute Gasteiger partial charge is 0.343 e. The highest BCUT2D eigenvalue weighted by molar-refractivity contribution is 5.99. The zero-order chi connectivity index (χ0) is 33.2. The number of amides is 1. The number of carbonyl (C=O) groups is 4. The molecule has 1 unspecified atom stereocenters. The minimum Gasteiger partial charge on any atom is -0.481 e. The van der Waals surface area contributed by atoms with Gasteiger partial charge in [-0.3, -0.25) is 14.4 Å². The summed E-state index contributed by atoms with van der Waals surface area (Å²) in [5, 5.41) is 25.3. The fraction of sp³-hybridized carbons (Fsp3) is 0.182. The summed E-state index contributed by atoms with van der Waals surface area (Å²) in [5.74, 6) is 1.74. The maximum Gasteiger partial charge on any atom is 0.343 e. The molecule has 1 amide bonds. The van der Waals surface area contributed by atoms with Crippen molar-refractivity contribution in [2.75, 3.05) is 6.54 Å². The van der Waals surface area contributed by atoms with Crippen molar-refractivity contribution in [3.63, 3.8) is 0 Å². The van der Waals surface area contributed by atoms with Gasteiger partial charge in [0, 0.05) is 12.1 Å². The van der Waals surface area contributed by atoms with E-state index in [0.29, 0.717) is 23.2 Å². The van der Waals surface area contributed by atoms with Gasteiger partial charge in [-0.25, -0.2) is 9.79 Å². The lowest BCUT2D eigenvalue weighted by atomic mass is 9.89. The zero-order valence-corrected chi connectivity index (χ0v) is 24.9. The summed E-state index contributed by atoms with van der Waals surface area (Å²) in [7, 11) is 0. The number of hydrogen-bond donors (Lipinski definition) is 4. The molecule has 0 heterocycles. The molecule has 0 aromatic heterocycles. The van der Waals surface area contributed by atoms with E-state index in [9.17, 15) is 29.4 Å². The molecule has 6 N–H and O–H groups in total. The molecule has 0 bridgehead atoms. The van der Waals surface area contributed by atoms with Crippen molar-refractivity contribution in [1.29, 1.82) is 0 Å². The number of carbonyl (C=O) groups excluding carboxylic acids is 2. The summed E-state index contributed by atoms with van der Waals surface area (Å²) in [4.78, 5) is 54.8. The second-order valence-corrected chi connectivity index (χ2v) is 10.4.